The first-order chi connectivity index (χ1) is 9.51. The summed E-state index contributed by atoms with van der Waals surface area (Å²) in [6.45, 7) is 4.59. The predicted octanol–water partition coefficient (Wildman–Crippen LogP) is 2.77. The number of aliphatic imine (C=N–C) groups is 1. The van der Waals surface area contributed by atoms with Gasteiger partial charge in [-0.2, -0.15) is 0 Å². The van der Waals surface area contributed by atoms with Crippen molar-refractivity contribution in [2.24, 2.45) is 10.7 Å². The second-order valence-corrected chi connectivity index (χ2v) is 4.76. The summed E-state index contributed by atoms with van der Waals surface area (Å²) >= 11 is 6.18. The van der Waals surface area contributed by atoms with E-state index in [0.29, 0.717) is 17.3 Å². The Kier molecular flexibility index (Phi) is 6.31. The smallest absolute Gasteiger partial charge is 0.328 e. The standard InChI is InChI=1S/C14H21ClN4O/c1-4-9-17-13(16)18-14(20)19(3)12-10(5-2)7-6-8-11(12)15/h6-8H,4-5,9H2,1-3H3,(H3,16,17,18,20). The molecular formula is C14H21ClN4O. The Balaban J connectivity index is 2.90. The molecule has 0 bridgehead atoms. The number of guanidine groups is 1. The van der Waals surface area contributed by atoms with Crippen molar-refractivity contribution in [2.45, 2.75) is 26.7 Å². The Labute approximate surface area is 124 Å². The second kappa shape index (κ2) is 7.75. The number of para-hydroxylation sites is 1. The number of urea groups is 1. The van der Waals surface area contributed by atoms with Gasteiger partial charge < -0.3 is 5.73 Å². The van der Waals surface area contributed by atoms with Crippen molar-refractivity contribution in [3.8, 4) is 0 Å². The molecule has 3 N–H and O–H groups in total. The number of amides is 2. The van der Waals surface area contributed by atoms with Gasteiger partial charge in [-0.25, -0.2) is 4.79 Å². The molecule has 0 aliphatic carbocycles. The number of hydrogen-bond donors (Lipinski definition) is 2. The summed E-state index contributed by atoms with van der Waals surface area (Å²) < 4.78 is 0. The molecule has 110 valence electrons. The van der Waals surface area contributed by atoms with Gasteiger partial charge in [0.2, 0.25) is 0 Å². The van der Waals surface area contributed by atoms with Gasteiger partial charge in [0.1, 0.15) is 0 Å². The van der Waals surface area contributed by atoms with Crippen LogP contribution in [0.4, 0.5) is 10.5 Å². The van der Waals surface area contributed by atoms with Crippen LogP contribution in [0.1, 0.15) is 25.8 Å². The Morgan fingerprint density at radius 1 is 1.45 bits per heavy atom. The third kappa shape index (κ3) is 4.13. The molecule has 0 radical (unpaired) electrons. The lowest BCUT2D eigenvalue weighted by atomic mass is 10.1. The van der Waals surface area contributed by atoms with Gasteiger partial charge in [-0.1, -0.05) is 37.6 Å². The maximum Gasteiger partial charge on any atom is 0.328 e. The number of aryl methyl sites for hydroxylation is 1. The molecule has 0 saturated heterocycles. The Morgan fingerprint density at radius 3 is 2.75 bits per heavy atom. The van der Waals surface area contributed by atoms with E-state index in [1.807, 2.05) is 26.0 Å². The van der Waals surface area contributed by atoms with Crippen molar-refractivity contribution in [1.29, 1.82) is 0 Å². The first kappa shape index (κ1) is 16.3. The highest BCUT2D eigenvalue weighted by Crippen LogP contribution is 2.29. The molecule has 0 unspecified atom stereocenters. The van der Waals surface area contributed by atoms with E-state index in [9.17, 15) is 4.79 Å². The fourth-order valence-corrected chi connectivity index (χ4v) is 2.11. The molecule has 6 heteroatoms. The van der Waals surface area contributed by atoms with Crippen molar-refractivity contribution >= 4 is 29.3 Å². The number of nitrogens with zero attached hydrogens (tertiary/aromatic N) is 2. The second-order valence-electron chi connectivity index (χ2n) is 4.36. The summed E-state index contributed by atoms with van der Waals surface area (Å²) in [5.41, 5.74) is 7.33. The minimum atomic E-state index is -0.356. The zero-order valence-electron chi connectivity index (χ0n) is 12.1. The number of hydrogen-bond acceptors (Lipinski definition) is 2. The van der Waals surface area contributed by atoms with Crippen LogP contribution in [0.5, 0.6) is 0 Å². The van der Waals surface area contributed by atoms with Crippen molar-refractivity contribution in [3.05, 3.63) is 28.8 Å². The van der Waals surface area contributed by atoms with E-state index >= 15 is 0 Å². The van der Waals surface area contributed by atoms with E-state index in [2.05, 4.69) is 10.3 Å². The molecule has 1 rings (SSSR count). The minimum absolute atomic E-state index is 0.119. The number of carbonyl (C=O) groups excluding carboxylic acids is 1. The number of carbonyl (C=O) groups is 1. The van der Waals surface area contributed by atoms with E-state index in [0.717, 1.165) is 18.4 Å². The first-order valence-corrected chi connectivity index (χ1v) is 7.01. The minimum Gasteiger partial charge on any atom is -0.370 e. The van der Waals surface area contributed by atoms with Crippen LogP contribution in [0.3, 0.4) is 0 Å². The third-order valence-electron chi connectivity index (χ3n) is 2.83. The average Bonchev–Trinajstić information content (AvgIpc) is 2.43. The van der Waals surface area contributed by atoms with Crippen molar-refractivity contribution in [2.75, 3.05) is 18.5 Å². The lowest BCUT2D eigenvalue weighted by Crippen LogP contribution is -2.44. The van der Waals surface area contributed by atoms with Gasteiger partial charge in [0.25, 0.3) is 0 Å². The number of benzene rings is 1. The SMILES string of the molecule is CCCN=C(N)NC(=O)N(C)c1c(Cl)cccc1CC. The fourth-order valence-electron chi connectivity index (χ4n) is 1.79. The Bertz CT molecular complexity index is 502. The van der Waals surface area contributed by atoms with E-state index in [4.69, 9.17) is 17.3 Å². The van der Waals surface area contributed by atoms with Gasteiger partial charge in [0.15, 0.2) is 5.96 Å². The molecule has 20 heavy (non-hydrogen) atoms. The maximum absolute atomic E-state index is 12.1. The summed E-state index contributed by atoms with van der Waals surface area (Å²) in [5.74, 6) is 0.119. The van der Waals surface area contributed by atoms with E-state index < -0.39 is 0 Å². The number of nitrogens with two attached hydrogens (primary N) is 1. The molecule has 0 fully saturated rings. The fraction of sp³-hybridized carbons (Fsp3) is 0.429. The monoisotopic (exact) mass is 296 g/mol. The van der Waals surface area contributed by atoms with Gasteiger partial charge in [-0.05, 0) is 24.5 Å². The quantitative estimate of drug-likeness (QED) is 0.662. The lowest BCUT2D eigenvalue weighted by molar-refractivity contribution is 0.251. The number of rotatable bonds is 4. The highest BCUT2D eigenvalue weighted by molar-refractivity contribution is 6.34. The maximum atomic E-state index is 12.1. The highest BCUT2D eigenvalue weighted by atomic mass is 35.5. The molecule has 0 heterocycles. The van der Waals surface area contributed by atoms with E-state index in [1.165, 1.54) is 4.90 Å². The molecule has 0 atom stereocenters. The van der Waals surface area contributed by atoms with Gasteiger partial charge in [-0.15, -0.1) is 0 Å². The van der Waals surface area contributed by atoms with Gasteiger partial charge >= 0.3 is 6.03 Å². The Hall–Kier alpha value is -1.75. The van der Waals surface area contributed by atoms with Crippen LogP contribution >= 0.6 is 11.6 Å². The normalized spacial score (nSPS) is 11.3. The number of nitrogens with one attached hydrogen (secondary N) is 1. The van der Waals surface area contributed by atoms with Crippen LogP contribution in [0, 0.1) is 0 Å². The molecule has 1 aromatic carbocycles. The van der Waals surface area contributed by atoms with Crippen LogP contribution < -0.4 is 16.0 Å². The third-order valence-corrected chi connectivity index (χ3v) is 3.14. The number of anilines is 1. The van der Waals surface area contributed by atoms with Crippen molar-refractivity contribution in [3.63, 3.8) is 0 Å². The average molecular weight is 297 g/mol. The van der Waals surface area contributed by atoms with Crippen LogP contribution in [0.15, 0.2) is 23.2 Å². The summed E-state index contributed by atoms with van der Waals surface area (Å²) in [4.78, 5) is 17.6. The van der Waals surface area contributed by atoms with E-state index in [1.54, 1.807) is 13.1 Å². The molecule has 0 saturated carbocycles. The van der Waals surface area contributed by atoms with E-state index in [-0.39, 0.29) is 12.0 Å². The zero-order chi connectivity index (χ0) is 15.1. The topological polar surface area (TPSA) is 70.7 Å². The highest BCUT2D eigenvalue weighted by Gasteiger charge is 2.17. The van der Waals surface area contributed by atoms with Crippen LogP contribution in [-0.2, 0) is 6.42 Å². The zero-order valence-corrected chi connectivity index (χ0v) is 12.9. The summed E-state index contributed by atoms with van der Waals surface area (Å²) in [6.07, 6.45) is 1.66. The molecule has 5 nitrogen and oxygen atoms in total. The largest absolute Gasteiger partial charge is 0.370 e. The lowest BCUT2D eigenvalue weighted by Gasteiger charge is -2.21. The molecular weight excluding hydrogens is 276 g/mol. The molecule has 0 aliphatic rings. The molecule has 1 aromatic rings. The van der Waals surface area contributed by atoms with Crippen LogP contribution in [0.25, 0.3) is 0 Å². The summed E-state index contributed by atoms with van der Waals surface area (Å²) in [5, 5.41) is 3.08. The summed E-state index contributed by atoms with van der Waals surface area (Å²) in [7, 11) is 1.66. The number of halogens is 1. The molecule has 0 aliphatic heterocycles. The van der Waals surface area contributed by atoms with Crippen LogP contribution in [-0.4, -0.2) is 25.6 Å². The molecule has 0 spiro atoms. The predicted molar refractivity (Wildman–Crippen MR) is 84.5 cm³/mol. The van der Waals surface area contributed by atoms with Gasteiger partial charge in [0, 0.05) is 13.6 Å². The summed E-state index contributed by atoms with van der Waals surface area (Å²) in [6, 6.07) is 5.21. The van der Waals surface area contributed by atoms with Crippen LogP contribution in [0.2, 0.25) is 5.02 Å². The molecule has 0 aromatic heterocycles. The first-order valence-electron chi connectivity index (χ1n) is 6.63. The molecule has 2 amide bonds. The van der Waals surface area contributed by atoms with Crippen molar-refractivity contribution < 1.29 is 4.79 Å². The van der Waals surface area contributed by atoms with Gasteiger partial charge in [0.05, 0.1) is 10.7 Å². The Morgan fingerprint density at radius 2 is 2.15 bits per heavy atom. The van der Waals surface area contributed by atoms with Gasteiger partial charge in [-0.3, -0.25) is 15.2 Å². The van der Waals surface area contributed by atoms with Crippen molar-refractivity contribution in [1.82, 2.24) is 5.32 Å².